The second-order valence-electron chi connectivity index (χ2n) is 7.19. The van der Waals surface area contributed by atoms with Gasteiger partial charge in [0, 0.05) is 32.1 Å². The molecule has 2 aliphatic rings. The molecule has 2 saturated heterocycles. The molecule has 0 spiro atoms. The topological polar surface area (TPSA) is 125 Å². The Kier molecular flexibility index (Phi) is 7.18. The van der Waals surface area contributed by atoms with Crippen molar-refractivity contribution in [1.82, 2.24) is 20.4 Å². The van der Waals surface area contributed by atoms with Gasteiger partial charge in [-0.15, -0.1) is 0 Å². The number of hydrogen-bond acceptors (Lipinski definition) is 5. The summed E-state index contributed by atoms with van der Waals surface area (Å²) in [5.41, 5.74) is 4.47. The Bertz CT molecular complexity index is 590. The van der Waals surface area contributed by atoms with Crippen LogP contribution in [0.1, 0.15) is 52.4 Å². The molecule has 0 aromatic heterocycles. The summed E-state index contributed by atoms with van der Waals surface area (Å²) in [6.07, 6.45) is 3.84. The van der Waals surface area contributed by atoms with E-state index in [-0.39, 0.29) is 43.3 Å². The monoisotopic (exact) mass is 381 g/mol. The molecule has 4 N–H and O–H groups in total. The maximum atomic E-state index is 12.8. The fourth-order valence-electron chi connectivity index (χ4n) is 3.77. The molecule has 0 aromatic rings. The van der Waals surface area contributed by atoms with Crippen molar-refractivity contribution in [2.45, 2.75) is 64.0 Å². The molecule has 0 bridgehead atoms. The average molecular weight is 381 g/mol. The van der Waals surface area contributed by atoms with Crippen LogP contribution in [0, 0.1) is 0 Å². The number of hydrogen-bond donors (Lipinski definition) is 3. The second kappa shape index (κ2) is 9.16. The molecule has 2 rings (SSSR count). The third-order valence-corrected chi connectivity index (χ3v) is 5.60. The van der Waals surface area contributed by atoms with E-state index >= 15 is 0 Å². The van der Waals surface area contributed by atoms with Gasteiger partial charge < -0.3 is 21.3 Å². The highest BCUT2D eigenvalue weighted by Gasteiger charge is 2.49. The zero-order valence-corrected chi connectivity index (χ0v) is 16.3. The van der Waals surface area contributed by atoms with Crippen molar-refractivity contribution < 1.29 is 19.2 Å². The number of piperidine rings is 1. The molecular weight excluding hydrogens is 350 g/mol. The van der Waals surface area contributed by atoms with Gasteiger partial charge in [-0.25, -0.2) is 4.79 Å². The third-order valence-electron chi connectivity index (χ3n) is 5.60. The number of imide groups is 1. The minimum atomic E-state index is -0.908. The SMILES string of the molecule is CCC1(CC)NC(=O)N(CC(=O)N2CCCCC2CNC(=O)CCN)C1=O. The molecule has 2 fully saturated rings. The van der Waals surface area contributed by atoms with E-state index in [9.17, 15) is 19.2 Å². The van der Waals surface area contributed by atoms with Crippen LogP contribution in [0.2, 0.25) is 0 Å². The minimum absolute atomic E-state index is 0.129. The van der Waals surface area contributed by atoms with Gasteiger partial charge in [0.2, 0.25) is 11.8 Å². The highest BCUT2D eigenvalue weighted by molar-refractivity contribution is 6.09. The number of carbonyl (C=O) groups is 4. The summed E-state index contributed by atoms with van der Waals surface area (Å²) in [4.78, 5) is 52.2. The van der Waals surface area contributed by atoms with Crippen molar-refractivity contribution in [3.8, 4) is 0 Å². The summed E-state index contributed by atoms with van der Waals surface area (Å²) >= 11 is 0. The van der Waals surface area contributed by atoms with Gasteiger partial charge in [0.05, 0.1) is 0 Å². The fourth-order valence-corrected chi connectivity index (χ4v) is 3.77. The number of carbonyl (C=O) groups excluding carboxylic acids is 4. The summed E-state index contributed by atoms with van der Waals surface area (Å²) in [6.45, 7) is 4.63. The third kappa shape index (κ3) is 4.58. The number of likely N-dealkylation sites (tertiary alicyclic amines) is 1. The molecule has 0 aliphatic carbocycles. The lowest BCUT2D eigenvalue weighted by molar-refractivity contribution is -0.141. The first kappa shape index (κ1) is 21.1. The lowest BCUT2D eigenvalue weighted by atomic mass is 9.93. The number of amides is 5. The van der Waals surface area contributed by atoms with Crippen LogP contribution in [0.15, 0.2) is 0 Å². The standard InChI is InChI=1S/C18H31N5O4/c1-3-18(4-2)16(26)23(17(27)21-18)12-15(25)22-10-6-5-7-13(22)11-20-14(24)8-9-19/h13H,3-12,19H2,1-2H3,(H,20,24)(H,21,27). The predicted molar refractivity (Wildman–Crippen MR) is 99.6 cm³/mol. The maximum Gasteiger partial charge on any atom is 0.325 e. The van der Waals surface area contributed by atoms with E-state index in [0.717, 1.165) is 24.2 Å². The molecule has 9 nitrogen and oxygen atoms in total. The number of urea groups is 1. The number of nitrogens with one attached hydrogen (secondary N) is 2. The first-order chi connectivity index (χ1) is 12.9. The lowest BCUT2D eigenvalue weighted by Crippen LogP contribution is -2.53. The van der Waals surface area contributed by atoms with Crippen LogP contribution >= 0.6 is 0 Å². The van der Waals surface area contributed by atoms with Gasteiger partial charge in [-0.3, -0.25) is 19.3 Å². The first-order valence-electron chi connectivity index (χ1n) is 9.78. The Morgan fingerprint density at radius 1 is 1.26 bits per heavy atom. The Labute approximate surface area is 160 Å². The van der Waals surface area contributed by atoms with Crippen molar-refractivity contribution in [2.75, 3.05) is 26.2 Å². The largest absolute Gasteiger partial charge is 0.354 e. The molecule has 0 radical (unpaired) electrons. The molecule has 2 aliphatic heterocycles. The average Bonchev–Trinajstić information content (AvgIpc) is 2.91. The van der Waals surface area contributed by atoms with Gasteiger partial charge in [-0.1, -0.05) is 13.8 Å². The quantitative estimate of drug-likeness (QED) is 0.508. The van der Waals surface area contributed by atoms with Crippen molar-refractivity contribution in [3.05, 3.63) is 0 Å². The molecule has 0 aromatic carbocycles. The Morgan fingerprint density at radius 3 is 2.56 bits per heavy atom. The van der Waals surface area contributed by atoms with E-state index in [1.165, 1.54) is 0 Å². The van der Waals surface area contributed by atoms with Gasteiger partial charge in [-0.2, -0.15) is 0 Å². The highest BCUT2D eigenvalue weighted by atomic mass is 16.2. The van der Waals surface area contributed by atoms with Gasteiger partial charge in [-0.05, 0) is 32.1 Å². The van der Waals surface area contributed by atoms with E-state index < -0.39 is 11.6 Å². The smallest absolute Gasteiger partial charge is 0.325 e. The summed E-state index contributed by atoms with van der Waals surface area (Å²) in [5, 5.41) is 5.55. The van der Waals surface area contributed by atoms with E-state index in [1.54, 1.807) is 4.90 Å². The molecule has 2 heterocycles. The van der Waals surface area contributed by atoms with Gasteiger partial charge in [0.25, 0.3) is 5.91 Å². The van der Waals surface area contributed by atoms with E-state index in [4.69, 9.17) is 5.73 Å². The summed E-state index contributed by atoms with van der Waals surface area (Å²) < 4.78 is 0. The van der Waals surface area contributed by atoms with Crippen molar-refractivity contribution in [2.24, 2.45) is 5.73 Å². The maximum absolute atomic E-state index is 12.8. The minimum Gasteiger partial charge on any atom is -0.354 e. The number of nitrogens with zero attached hydrogens (tertiary/aromatic N) is 2. The van der Waals surface area contributed by atoms with Gasteiger partial charge in [0.15, 0.2) is 0 Å². The molecule has 0 saturated carbocycles. The van der Waals surface area contributed by atoms with Crippen LogP contribution in [0.4, 0.5) is 4.79 Å². The summed E-state index contributed by atoms with van der Waals surface area (Å²) in [5.74, 6) is -0.741. The van der Waals surface area contributed by atoms with E-state index in [1.807, 2.05) is 13.8 Å². The summed E-state index contributed by atoms with van der Waals surface area (Å²) in [6, 6.07) is -0.641. The lowest BCUT2D eigenvalue weighted by Gasteiger charge is -2.36. The molecule has 1 unspecified atom stereocenters. The van der Waals surface area contributed by atoms with Crippen LogP contribution in [0.5, 0.6) is 0 Å². The first-order valence-corrected chi connectivity index (χ1v) is 9.78. The number of rotatable bonds is 8. The van der Waals surface area contributed by atoms with Crippen LogP contribution in [-0.4, -0.2) is 71.3 Å². The highest BCUT2D eigenvalue weighted by Crippen LogP contribution is 2.25. The molecule has 1 atom stereocenters. The Balaban J connectivity index is 2.01. The van der Waals surface area contributed by atoms with E-state index in [0.29, 0.717) is 25.9 Å². The van der Waals surface area contributed by atoms with Crippen molar-refractivity contribution in [1.29, 1.82) is 0 Å². The Morgan fingerprint density at radius 2 is 1.96 bits per heavy atom. The molecule has 9 heteroatoms. The van der Waals surface area contributed by atoms with Crippen LogP contribution < -0.4 is 16.4 Å². The number of nitrogens with two attached hydrogens (primary N) is 1. The normalized spacial score (nSPS) is 22.0. The zero-order valence-electron chi connectivity index (χ0n) is 16.3. The van der Waals surface area contributed by atoms with Crippen LogP contribution in [0.3, 0.4) is 0 Å². The Hall–Kier alpha value is -2.16. The van der Waals surface area contributed by atoms with Crippen molar-refractivity contribution in [3.63, 3.8) is 0 Å². The van der Waals surface area contributed by atoms with Gasteiger partial charge in [0.1, 0.15) is 12.1 Å². The van der Waals surface area contributed by atoms with E-state index in [2.05, 4.69) is 10.6 Å². The predicted octanol–water partition coefficient (Wildman–Crippen LogP) is -0.0569. The zero-order chi connectivity index (χ0) is 20.0. The molecular formula is C18H31N5O4. The fraction of sp³-hybridized carbons (Fsp3) is 0.778. The summed E-state index contributed by atoms with van der Waals surface area (Å²) in [7, 11) is 0. The molecule has 152 valence electrons. The molecule has 27 heavy (non-hydrogen) atoms. The van der Waals surface area contributed by atoms with Gasteiger partial charge >= 0.3 is 6.03 Å². The molecule has 5 amide bonds. The second-order valence-corrected chi connectivity index (χ2v) is 7.19. The van der Waals surface area contributed by atoms with Crippen LogP contribution in [-0.2, 0) is 14.4 Å². The van der Waals surface area contributed by atoms with Crippen molar-refractivity contribution >= 4 is 23.8 Å². The van der Waals surface area contributed by atoms with Crippen LogP contribution in [0.25, 0.3) is 0 Å².